The number of nitrogens with zero attached hydrogens (tertiary/aromatic N) is 2. The molecule has 90 valence electrons. The number of likely N-dealkylation sites (N-methyl/N-ethyl adjacent to an activating group) is 1. The smallest absolute Gasteiger partial charge is 0.220 e. The summed E-state index contributed by atoms with van der Waals surface area (Å²) < 4.78 is 13.1. The Morgan fingerprint density at radius 1 is 1.41 bits per heavy atom. The summed E-state index contributed by atoms with van der Waals surface area (Å²) in [6.07, 6.45) is 0.728. The fourth-order valence-corrected chi connectivity index (χ4v) is 1.74. The maximum atomic E-state index is 13.1. The second-order valence-corrected chi connectivity index (χ2v) is 4.08. The summed E-state index contributed by atoms with van der Waals surface area (Å²) in [6, 6.07) is 4.76. The third-order valence-electron chi connectivity index (χ3n) is 2.75. The van der Waals surface area contributed by atoms with E-state index in [1.54, 1.807) is 6.07 Å². The number of fused-ring (bicyclic) bond motifs is 1. The molecule has 1 heterocycles. The number of hydrogen-bond acceptors (Lipinski definition) is 4. The van der Waals surface area contributed by atoms with E-state index in [0.717, 1.165) is 17.5 Å². The average Bonchev–Trinajstić information content (AvgIpc) is 2.27. The zero-order valence-electron chi connectivity index (χ0n) is 9.87. The third kappa shape index (κ3) is 2.50. The fourth-order valence-electron chi connectivity index (χ4n) is 1.74. The first-order chi connectivity index (χ1) is 8.10. The number of anilines is 1. The lowest BCUT2D eigenvalue weighted by molar-refractivity contribution is 0.603. The SMILES string of the molecule is CNC(C)Cc1nc(N)nc2cc(F)ccc12. The van der Waals surface area contributed by atoms with Gasteiger partial charge in [0, 0.05) is 23.9 Å². The summed E-state index contributed by atoms with van der Waals surface area (Å²) in [5, 5.41) is 3.98. The molecule has 1 atom stereocenters. The molecule has 2 rings (SSSR count). The Morgan fingerprint density at radius 3 is 2.88 bits per heavy atom. The third-order valence-corrected chi connectivity index (χ3v) is 2.75. The molecular weight excluding hydrogens is 219 g/mol. The van der Waals surface area contributed by atoms with Crippen LogP contribution in [0.15, 0.2) is 18.2 Å². The van der Waals surface area contributed by atoms with E-state index < -0.39 is 0 Å². The Kier molecular flexibility index (Phi) is 3.19. The quantitative estimate of drug-likeness (QED) is 0.844. The topological polar surface area (TPSA) is 63.8 Å². The summed E-state index contributed by atoms with van der Waals surface area (Å²) in [4.78, 5) is 8.26. The van der Waals surface area contributed by atoms with Crippen LogP contribution in [0.4, 0.5) is 10.3 Å². The van der Waals surface area contributed by atoms with E-state index in [2.05, 4.69) is 15.3 Å². The Balaban J connectivity index is 2.53. The van der Waals surface area contributed by atoms with Gasteiger partial charge in [-0.05, 0) is 26.1 Å². The molecule has 0 bridgehead atoms. The van der Waals surface area contributed by atoms with Gasteiger partial charge in [-0.2, -0.15) is 0 Å². The maximum Gasteiger partial charge on any atom is 0.220 e. The summed E-state index contributed by atoms with van der Waals surface area (Å²) >= 11 is 0. The highest BCUT2D eigenvalue weighted by Gasteiger charge is 2.09. The van der Waals surface area contributed by atoms with Gasteiger partial charge in [0.1, 0.15) is 5.82 Å². The highest BCUT2D eigenvalue weighted by Crippen LogP contribution is 2.19. The molecule has 17 heavy (non-hydrogen) atoms. The number of rotatable bonds is 3. The zero-order chi connectivity index (χ0) is 12.4. The van der Waals surface area contributed by atoms with E-state index in [-0.39, 0.29) is 17.8 Å². The molecule has 4 nitrogen and oxygen atoms in total. The van der Waals surface area contributed by atoms with Gasteiger partial charge in [0.25, 0.3) is 0 Å². The van der Waals surface area contributed by atoms with Gasteiger partial charge in [-0.15, -0.1) is 0 Å². The largest absolute Gasteiger partial charge is 0.368 e. The van der Waals surface area contributed by atoms with Crippen molar-refractivity contribution in [2.75, 3.05) is 12.8 Å². The van der Waals surface area contributed by atoms with E-state index in [9.17, 15) is 4.39 Å². The van der Waals surface area contributed by atoms with Gasteiger partial charge in [-0.1, -0.05) is 0 Å². The first-order valence-electron chi connectivity index (χ1n) is 5.49. The lowest BCUT2D eigenvalue weighted by atomic mass is 10.1. The van der Waals surface area contributed by atoms with Crippen LogP contribution in [0.3, 0.4) is 0 Å². The van der Waals surface area contributed by atoms with Crippen LogP contribution in [-0.2, 0) is 6.42 Å². The van der Waals surface area contributed by atoms with Crippen LogP contribution in [0.5, 0.6) is 0 Å². The molecule has 0 radical (unpaired) electrons. The number of nitrogens with two attached hydrogens (primary N) is 1. The molecule has 0 saturated heterocycles. The van der Waals surface area contributed by atoms with Gasteiger partial charge in [-0.25, -0.2) is 14.4 Å². The van der Waals surface area contributed by atoms with Crippen molar-refractivity contribution in [1.82, 2.24) is 15.3 Å². The molecule has 0 fully saturated rings. The van der Waals surface area contributed by atoms with E-state index in [1.165, 1.54) is 12.1 Å². The van der Waals surface area contributed by atoms with Gasteiger partial charge in [0.2, 0.25) is 5.95 Å². The second kappa shape index (κ2) is 4.63. The molecule has 0 aliphatic rings. The standard InChI is InChI=1S/C12H15FN4/c1-7(15-2)5-10-9-4-3-8(13)6-11(9)17-12(14)16-10/h3-4,6-7,15H,5H2,1-2H3,(H2,14,16,17). The molecule has 1 aromatic carbocycles. The molecule has 0 aliphatic carbocycles. The summed E-state index contributed by atoms with van der Waals surface area (Å²) in [6.45, 7) is 2.05. The molecule has 0 spiro atoms. The van der Waals surface area contributed by atoms with Crippen LogP contribution in [0.1, 0.15) is 12.6 Å². The van der Waals surface area contributed by atoms with Gasteiger partial charge >= 0.3 is 0 Å². The average molecular weight is 234 g/mol. The molecule has 0 amide bonds. The van der Waals surface area contributed by atoms with Crippen molar-refractivity contribution < 1.29 is 4.39 Å². The molecule has 0 aliphatic heterocycles. The first kappa shape index (κ1) is 11.7. The Labute approximate surface area is 99.1 Å². The molecule has 3 N–H and O–H groups in total. The van der Waals surface area contributed by atoms with Crippen LogP contribution in [0.2, 0.25) is 0 Å². The van der Waals surface area contributed by atoms with Gasteiger partial charge in [-0.3, -0.25) is 0 Å². The lowest BCUT2D eigenvalue weighted by Gasteiger charge is -2.11. The lowest BCUT2D eigenvalue weighted by Crippen LogP contribution is -2.24. The van der Waals surface area contributed by atoms with Crippen molar-refractivity contribution in [2.24, 2.45) is 0 Å². The Bertz CT molecular complexity index is 536. The van der Waals surface area contributed by atoms with Crippen molar-refractivity contribution in [3.8, 4) is 0 Å². The minimum absolute atomic E-state index is 0.182. The van der Waals surface area contributed by atoms with Crippen LogP contribution < -0.4 is 11.1 Å². The molecule has 1 aromatic heterocycles. The zero-order valence-corrected chi connectivity index (χ0v) is 9.87. The number of nitrogens with one attached hydrogen (secondary N) is 1. The highest BCUT2D eigenvalue weighted by atomic mass is 19.1. The van der Waals surface area contributed by atoms with Crippen molar-refractivity contribution >= 4 is 16.9 Å². The van der Waals surface area contributed by atoms with Crippen LogP contribution >= 0.6 is 0 Å². The van der Waals surface area contributed by atoms with Gasteiger partial charge in [0.15, 0.2) is 0 Å². The van der Waals surface area contributed by atoms with Crippen molar-refractivity contribution in [3.63, 3.8) is 0 Å². The molecular formula is C12H15FN4. The van der Waals surface area contributed by atoms with Gasteiger partial charge < -0.3 is 11.1 Å². The van der Waals surface area contributed by atoms with Crippen molar-refractivity contribution in [1.29, 1.82) is 0 Å². The van der Waals surface area contributed by atoms with E-state index in [1.807, 2.05) is 14.0 Å². The summed E-state index contributed by atoms with van der Waals surface area (Å²) in [7, 11) is 1.89. The van der Waals surface area contributed by atoms with E-state index >= 15 is 0 Å². The van der Waals surface area contributed by atoms with Gasteiger partial charge in [0.05, 0.1) is 11.2 Å². The maximum absolute atomic E-state index is 13.1. The minimum Gasteiger partial charge on any atom is -0.368 e. The van der Waals surface area contributed by atoms with Crippen LogP contribution in [0, 0.1) is 5.82 Å². The summed E-state index contributed by atoms with van der Waals surface area (Å²) in [5.74, 6) is -0.135. The monoisotopic (exact) mass is 234 g/mol. The minimum atomic E-state index is -0.316. The first-order valence-corrected chi connectivity index (χ1v) is 5.49. The normalized spacial score (nSPS) is 12.9. The predicted octanol–water partition coefficient (Wildman–Crippen LogP) is 1.50. The van der Waals surface area contributed by atoms with E-state index in [0.29, 0.717) is 5.52 Å². The van der Waals surface area contributed by atoms with Crippen molar-refractivity contribution in [3.05, 3.63) is 29.7 Å². The number of benzene rings is 1. The number of halogens is 1. The molecule has 2 aromatic rings. The fraction of sp³-hybridized carbons (Fsp3) is 0.333. The second-order valence-electron chi connectivity index (χ2n) is 4.08. The molecule has 1 unspecified atom stereocenters. The number of hydrogen-bond donors (Lipinski definition) is 2. The Morgan fingerprint density at radius 2 is 2.18 bits per heavy atom. The Hall–Kier alpha value is -1.75. The summed E-state index contributed by atoms with van der Waals surface area (Å²) in [5.41, 5.74) is 7.02. The van der Waals surface area contributed by atoms with Crippen LogP contribution in [0.25, 0.3) is 10.9 Å². The van der Waals surface area contributed by atoms with Crippen molar-refractivity contribution in [2.45, 2.75) is 19.4 Å². The van der Waals surface area contributed by atoms with Crippen LogP contribution in [-0.4, -0.2) is 23.1 Å². The number of nitrogen functional groups attached to an aromatic ring is 1. The predicted molar refractivity (Wildman–Crippen MR) is 66.1 cm³/mol. The number of aromatic nitrogens is 2. The molecule has 5 heteroatoms. The molecule has 0 saturated carbocycles. The highest BCUT2D eigenvalue weighted by molar-refractivity contribution is 5.81. The van der Waals surface area contributed by atoms with E-state index in [4.69, 9.17) is 5.73 Å².